The normalized spacial score (nSPS) is 15.6. The van der Waals surface area contributed by atoms with Crippen molar-refractivity contribution in [3.63, 3.8) is 0 Å². The zero-order valence-electron chi connectivity index (χ0n) is 16.0. The third kappa shape index (κ3) is 2.86. The topological polar surface area (TPSA) is 72.6 Å². The van der Waals surface area contributed by atoms with E-state index in [1.54, 1.807) is 25.3 Å². The molecular formula is C22H15BrN2O4S. The molecule has 150 valence electrons. The largest absolute Gasteiger partial charge is 0.497 e. The van der Waals surface area contributed by atoms with Crippen molar-refractivity contribution >= 4 is 49.3 Å². The summed E-state index contributed by atoms with van der Waals surface area (Å²) in [6.45, 7) is 1.86. The van der Waals surface area contributed by atoms with E-state index in [-0.39, 0.29) is 17.1 Å². The summed E-state index contributed by atoms with van der Waals surface area (Å²) in [5.74, 6) is 0.307. The Morgan fingerprint density at radius 3 is 2.77 bits per heavy atom. The van der Waals surface area contributed by atoms with Gasteiger partial charge in [0.1, 0.15) is 11.3 Å². The molecule has 0 unspecified atom stereocenters. The van der Waals surface area contributed by atoms with E-state index in [0.717, 1.165) is 15.7 Å². The van der Waals surface area contributed by atoms with Crippen LogP contribution in [0.15, 0.2) is 61.5 Å². The van der Waals surface area contributed by atoms with Crippen molar-refractivity contribution in [2.24, 2.45) is 0 Å². The van der Waals surface area contributed by atoms with Crippen molar-refractivity contribution in [1.82, 2.24) is 4.98 Å². The molecule has 0 spiro atoms. The number of nitrogens with zero attached hydrogens (tertiary/aromatic N) is 2. The number of carbonyl (C=O) groups is 1. The highest BCUT2D eigenvalue weighted by molar-refractivity contribution is 9.10. The second-order valence-electron chi connectivity index (χ2n) is 6.94. The van der Waals surface area contributed by atoms with Gasteiger partial charge in [-0.05, 0) is 42.8 Å². The first-order valence-corrected chi connectivity index (χ1v) is 10.8. The number of halogens is 1. The number of hydrogen-bond donors (Lipinski definition) is 0. The van der Waals surface area contributed by atoms with Crippen molar-refractivity contribution < 1.29 is 13.9 Å². The number of benzene rings is 2. The monoisotopic (exact) mass is 482 g/mol. The maximum absolute atomic E-state index is 13.5. The molecule has 5 rings (SSSR count). The molecule has 3 heterocycles. The van der Waals surface area contributed by atoms with Crippen molar-refractivity contribution in [3.05, 3.63) is 85.1 Å². The Balaban J connectivity index is 1.83. The number of rotatable bonds is 3. The first-order chi connectivity index (χ1) is 14.5. The molecule has 0 saturated carbocycles. The molecule has 8 heteroatoms. The molecule has 0 saturated heterocycles. The van der Waals surface area contributed by atoms with Gasteiger partial charge in [-0.25, -0.2) is 4.98 Å². The minimum absolute atomic E-state index is 0.0514. The Morgan fingerprint density at radius 2 is 2.03 bits per heavy atom. The van der Waals surface area contributed by atoms with Gasteiger partial charge in [-0.2, -0.15) is 0 Å². The van der Waals surface area contributed by atoms with Crippen LogP contribution in [0.3, 0.4) is 0 Å². The Morgan fingerprint density at radius 1 is 1.20 bits per heavy atom. The van der Waals surface area contributed by atoms with Crippen molar-refractivity contribution in [3.8, 4) is 5.75 Å². The molecule has 1 aliphatic rings. The van der Waals surface area contributed by atoms with E-state index < -0.39 is 6.04 Å². The van der Waals surface area contributed by atoms with Crippen LogP contribution >= 0.6 is 27.3 Å². The van der Waals surface area contributed by atoms with E-state index in [2.05, 4.69) is 20.9 Å². The fourth-order valence-corrected chi connectivity index (χ4v) is 4.91. The van der Waals surface area contributed by atoms with Gasteiger partial charge in [0.2, 0.25) is 5.76 Å². The summed E-state index contributed by atoms with van der Waals surface area (Å²) in [4.78, 5) is 33.0. The number of anilines is 1. The molecule has 1 aliphatic heterocycles. The highest BCUT2D eigenvalue weighted by Crippen LogP contribution is 2.42. The Hall–Kier alpha value is -2.97. The van der Waals surface area contributed by atoms with Crippen molar-refractivity contribution in [1.29, 1.82) is 0 Å². The lowest BCUT2D eigenvalue weighted by Crippen LogP contribution is -2.29. The molecule has 0 N–H and O–H groups in total. The van der Waals surface area contributed by atoms with Crippen molar-refractivity contribution in [2.45, 2.75) is 13.0 Å². The predicted molar refractivity (Wildman–Crippen MR) is 119 cm³/mol. The fourth-order valence-electron chi connectivity index (χ4n) is 3.72. The summed E-state index contributed by atoms with van der Waals surface area (Å²) in [6, 6.07) is 11.9. The maximum Gasteiger partial charge on any atom is 0.297 e. The number of aromatic nitrogens is 1. The van der Waals surface area contributed by atoms with E-state index in [1.807, 2.05) is 36.6 Å². The van der Waals surface area contributed by atoms with E-state index in [1.165, 1.54) is 16.2 Å². The smallest absolute Gasteiger partial charge is 0.297 e. The van der Waals surface area contributed by atoms with E-state index >= 15 is 0 Å². The number of fused-ring (bicyclic) bond motifs is 2. The summed E-state index contributed by atoms with van der Waals surface area (Å²) in [5, 5.41) is 2.80. The Kier molecular flexibility index (Phi) is 4.48. The molecule has 1 amide bonds. The molecule has 4 aromatic rings. The molecule has 0 radical (unpaired) electrons. The highest BCUT2D eigenvalue weighted by atomic mass is 79.9. The molecule has 6 nitrogen and oxygen atoms in total. The molecule has 2 aromatic carbocycles. The summed E-state index contributed by atoms with van der Waals surface area (Å²) in [7, 11) is 1.58. The highest BCUT2D eigenvalue weighted by Gasteiger charge is 2.45. The van der Waals surface area contributed by atoms with Gasteiger partial charge >= 0.3 is 0 Å². The van der Waals surface area contributed by atoms with E-state index in [9.17, 15) is 9.59 Å². The Labute approximate surface area is 183 Å². The molecule has 2 aromatic heterocycles. The fraction of sp³-hybridized carbons (Fsp3) is 0.136. The van der Waals surface area contributed by atoms with Gasteiger partial charge < -0.3 is 9.15 Å². The quantitative estimate of drug-likeness (QED) is 0.407. The van der Waals surface area contributed by atoms with Crippen LogP contribution in [-0.4, -0.2) is 18.0 Å². The maximum atomic E-state index is 13.5. The molecule has 0 bridgehead atoms. The number of hydrogen-bond acceptors (Lipinski definition) is 6. The third-order valence-electron chi connectivity index (χ3n) is 5.05. The third-order valence-corrected chi connectivity index (χ3v) is 6.51. The second kappa shape index (κ2) is 7.07. The molecule has 30 heavy (non-hydrogen) atoms. The van der Waals surface area contributed by atoms with Crippen LogP contribution in [0.4, 0.5) is 5.13 Å². The summed E-state index contributed by atoms with van der Waals surface area (Å²) < 4.78 is 12.1. The van der Waals surface area contributed by atoms with Crippen LogP contribution in [0.2, 0.25) is 0 Å². The van der Waals surface area contributed by atoms with E-state index in [0.29, 0.717) is 27.4 Å². The standard InChI is InChI=1S/C22H15BrN2O4S/c1-11-10-30-22(24-11)25-18(12-4-3-5-14(8-12)28-2)17-19(26)15-9-13(23)6-7-16(15)29-20(17)21(25)27/h3-10,18H,1-2H3/t18-/m1/s1. The average molecular weight is 483 g/mol. The minimum Gasteiger partial charge on any atom is -0.497 e. The number of methoxy groups -OCH3 is 1. The minimum atomic E-state index is -0.659. The second-order valence-corrected chi connectivity index (χ2v) is 8.69. The first-order valence-electron chi connectivity index (χ1n) is 9.14. The number of carbonyl (C=O) groups excluding carboxylic acids is 1. The predicted octanol–water partition coefficient (Wildman–Crippen LogP) is 5.08. The molecular weight excluding hydrogens is 468 g/mol. The SMILES string of the molecule is COc1cccc([C@@H]2c3c(oc4ccc(Br)cc4c3=O)C(=O)N2c2nc(C)cs2)c1. The lowest BCUT2D eigenvalue weighted by Gasteiger charge is -2.22. The Bertz CT molecular complexity index is 1380. The van der Waals surface area contributed by atoms with Gasteiger partial charge in [-0.15, -0.1) is 11.3 Å². The summed E-state index contributed by atoms with van der Waals surface area (Å²) in [5.41, 5.74) is 2.00. The number of thiazole rings is 1. The van der Waals surface area contributed by atoms with Crippen LogP contribution < -0.4 is 15.1 Å². The lowest BCUT2D eigenvalue weighted by atomic mass is 9.98. The van der Waals surface area contributed by atoms with Crippen LogP contribution in [0.5, 0.6) is 5.75 Å². The number of aryl methyl sites for hydroxylation is 1. The van der Waals surface area contributed by atoms with Gasteiger partial charge in [0.25, 0.3) is 5.91 Å². The lowest BCUT2D eigenvalue weighted by molar-refractivity contribution is 0.0971. The van der Waals surface area contributed by atoms with Gasteiger partial charge in [-0.3, -0.25) is 14.5 Å². The van der Waals surface area contributed by atoms with Crippen LogP contribution in [0.1, 0.15) is 33.4 Å². The number of amides is 1. The van der Waals surface area contributed by atoms with E-state index in [4.69, 9.17) is 9.15 Å². The summed E-state index contributed by atoms with van der Waals surface area (Å²) >= 11 is 4.76. The zero-order valence-corrected chi connectivity index (χ0v) is 18.4. The van der Waals surface area contributed by atoms with Gasteiger partial charge in [-0.1, -0.05) is 28.1 Å². The molecule has 0 aliphatic carbocycles. The zero-order chi connectivity index (χ0) is 21.0. The average Bonchev–Trinajstić information content (AvgIpc) is 3.30. The van der Waals surface area contributed by atoms with Crippen LogP contribution in [-0.2, 0) is 0 Å². The van der Waals surface area contributed by atoms with Crippen molar-refractivity contribution in [2.75, 3.05) is 12.0 Å². The van der Waals surface area contributed by atoms with Crippen LogP contribution in [0.25, 0.3) is 11.0 Å². The first kappa shape index (κ1) is 19.0. The van der Waals surface area contributed by atoms with Gasteiger partial charge in [0.05, 0.1) is 29.8 Å². The summed E-state index contributed by atoms with van der Waals surface area (Å²) in [6.07, 6.45) is 0. The molecule has 0 fully saturated rings. The van der Waals surface area contributed by atoms with Gasteiger partial charge in [0, 0.05) is 9.85 Å². The van der Waals surface area contributed by atoms with Crippen LogP contribution in [0, 0.1) is 6.92 Å². The number of ether oxygens (including phenoxy) is 1. The molecule has 1 atom stereocenters. The van der Waals surface area contributed by atoms with Gasteiger partial charge in [0.15, 0.2) is 10.6 Å².